The first kappa shape index (κ1) is 37.1. The van der Waals surface area contributed by atoms with Crippen molar-refractivity contribution in [2.75, 3.05) is 17.6 Å². The van der Waals surface area contributed by atoms with Crippen LogP contribution in [0.25, 0.3) is 21.5 Å². The van der Waals surface area contributed by atoms with Crippen molar-refractivity contribution in [2.45, 2.75) is 64.2 Å². The monoisotopic (exact) mass is 763 g/mol. The van der Waals surface area contributed by atoms with Crippen LogP contribution in [-0.4, -0.2) is 28.5 Å². The predicted molar refractivity (Wildman–Crippen MR) is 233 cm³/mol. The van der Waals surface area contributed by atoms with Crippen LogP contribution in [-0.2, 0) is 15.6 Å². The van der Waals surface area contributed by atoms with Gasteiger partial charge in [-0.2, -0.15) is 17.2 Å². The van der Waals surface area contributed by atoms with Crippen molar-refractivity contribution in [3.8, 4) is 5.75 Å². The Labute approximate surface area is 335 Å². The average molecular weight is 764 g/mol. The van der Waals surface area contributed by atoms with Crippen LogP contribution in [0.2, 0.25) is 0 Å². The molecule has 1 N–H and O–H groups in total. The van der Waals surface area contributed by atoms with Gasteiger partial charge in [0.1, 0.15) is 18.1 Å². The summed E-state index contributed by atoms with van der Waals surface area (Å²) in [5.74, 6) is 2.27. The number of nitrogens with zero attached hydrogens (tertiary/aromatic N) is 1. The highest BCUT2D eigenvalue weighted by Gasteiger charge is 2.45. The lowest BCUT2D eigenvalue weighted by atomic mass is 9.78. The third kappa shape index (κ3) is 6.87. The highest BCUT2D eigenvalue weighted by molar-refractivity contribution is 7.80. The van der Waals surface area contributed by atoms with Gasteiger partial charge in [0.2, 0.25) is 11.6 Å². The van der Waals surface area contributed by atoms with Crippen molar-refractivity contribution in [1.82, 2.24) is 0 Å². The van der Waals surface area contributed by atoms with Gasteiger partial charge in [-0.05, 0) is 116 Å². The molecule has 0 bridgehead atoms. The van der Waals surface area contributed by atoms with Crippen LogP contribution >= 0.6 is 24.2 Å². The maximum atomic E-state index is 13.9. The molecule has 1 aliphatic carbocycles. The number of ether oxygens (including phenoxy) is 1. The van der Waals surface area contributed by atoms with Crippen molar-refractivity contribution >= 4 is 68.8 Å². The number of halogens is 1. The van der Waals surface area contributed by atoms with Crippen LogP contribution in [0.3, 0.4) is 0 Å². The van der Waals surface area contributed by atoms with Gasteiger partial charge in [0.05, 0.1) is 10.8 Å². The number of anilines is 1. The largest absolute Gasteiger partial charge is 0.460 e. The predicted octanol–water partition coefficient (Wildman–Crippen LogP) is 12.4. The highest BCUT2D eigenvalue weighted by Crippen LogP contribution is 2.49. The molecule has 2 heterocycles. The van der Waals surface area contributed by atoms with Crippen LogP contribution in [0.4, 0.5) is 11.4 Å². The second-order valence-electron chi connectivity index (χ2n) is 16.0. The Bertz CT molecular complexity index is 2490. The minimum atomic E-state index is -0.356. The number of fused-ring (bicyclic) bond motifs is 6. The van der Waals surface area contributed by atoms with Crippen molar-refractivity contribution in [1.29, 1.82) is 0 Å². The van der Waals surface area contributed by atoms with Crippen molar-refractivity contribution in [3.63, 3.8) is 0 Å². The molecule has 1 atom stereocenters. The highest BCUT2D eigenvalue weighted by atomic mass is 35.5. The molecule has 0 spiro atoms. The van der Waals surface area contributed by atoms with E-state index in [2.05, 4.69) is 147 Å². The number of unbranched alkanes of at least 4 members (excludes halogenated alkanes) is 1. The van der Waals surface area contributed by atoms with Gasteiger partial charge in [-0.1, -0.05) is 96.5 Å². The van der Waals surface area contributed by atoms with Crippen LogP contribution in [0.5, 0.6) is 5.75 Å². The molecule has 0 saturated carbocycles. The summed E-state index contributed by atoms with van der Waals surface area (Å²) in [5, 5.41) is 8.78. The number of nitrogens with one attached hydrogen (secondary N) is 1. The van der Waals surface area contributed by atoms with Gasteiger partial charge >= 0.3 is 0 Å². The Morgan fingerprint density at radius 3 is 2.20 bits per heavy atom. The molecule has 0 saturated heterocycles. The summed E-state index contributed by atoms with van der Waals surface area (Å²) in [7, 11) is 0. The average Bonchev–Trinajstić information content (AvgIpc) is 3.58. The fourth-order valence-electron chi connectivity index (χ4n) is 8.83. The third-order valence-electron chi connectivity index (χ3n) is 11.7. The van der Waals surface area contributed by atoms with Crippen molar-refractivity contribution in [2.24, 2.45) is 5.92 Å². The fraction of sp³-hybridized carbons (Fsp3) is 0.265. The molecule has 0 fully saturated rings. The SMILES string of the molecule is CC1(C)C(/C=C/C2=C(Cl)C(=C/C=C3/Oc4ccc5ccccc5c4C3(C)C)/CC(C(=O)Nc3ccccc3)C2)=[N+](CCCCS)c2ccc3ccccc3c21. The number of benzene rings is 5. The van der Waals surface area contributed by atoms with Crippen LogP contribution < -0.4 is 10.1 Å². The van der Waals surface area contributed by atoms with Gasteiger partial charge in [-0.15, -0.1) is 0 Å². The maximum Gasteiger partial charge on any atom is 0.228 e. The van der Waals surface area contributed by atoms with E-state index in [-0.39, 0.29) is 22.7 Å². The second-order valence-corrected chi connectivity index (χ2v) is 16.8. The molecule has 4 nitrogen and oxygen atoms in total. The number of carbonyl (C=O) groups excluding carboxylic acids is 1. The van der Waals surface area contributed by atoms with Gasteiger partial charge in [-0.3, -0.25) is 4.79 Å². The number of hydrogen-bond donors (Lipinski definition) is 2. The zero-order valence-electron chi connectivity index (χ0n) is 32.0. The van der Waals surface area contributed by atoms with E-state index >= 15 is 0 Å². The molecule has 0 radical (unpaired) electrons. The molecule has 5 aromatic carbocycles. The lowest BCUT2D eigenvalue weighted by molar-refractivity contribution is -0.438. The molecule has 0 aromatic heterocycles. The minimum absolute atomic E-state index is 0.0164. The molecule has 1 amide bonds. The fourth-order valence-corrected chi connectivity index (χ4v) is 9.33. The number of rotatable bonds is 9. The second kappa shape index (κ2) is 15.0. The van der Waals surface area contributed by atoms with Crippen LogP contribution in [0.15, 0.2) is 149 Å². The van der Waals surface area contributed by atoms with E-state index in [1.165, 1.54) is 44.1 Å². The standard InChI is InChI=1S/C49H47ClN2O2S/c1-48(2)42(52(28-12-13-29-55)40-24-20-32-14-8-10-18-38(32)44(40)48)26-22-34-30-36(47(53)51-37-16-6-5-7-17-37)31-35(46(34)50)23-27-43-49(3,4)45-39-19-11-9-15-33(39)21-25-41(45)54-43/h5-11,14-27,36H,12-13,28-31H2,1-4H3,(H-,51,53,55)/p+1/b26-22+,35-23+,43-27+. The number of para-hydroxylation sites is 1. The van der Waals surface area contributed by atoms with Gasteiger partial charge in [-0.25, -0.2) is 0 Å². The Balaban J connectivity index is 1.19. The maximum absolute atomic E-state index is 13.9. The van der Waals surface area contributed by atoms with E-state index in [0.29, 0.717) is 17.9 Å². The molecular formula is C49H48ClN2O2S+. The lowest BCUT2D eigenvalue weighted by Gasteiger charge is -2.26. The van der Waals surface area contributed by atoms with E-state index in [0.717, 1.165) is 53.5 Å². The number of allylic oxidation sites excluding steroid dienone is 8. The van der Waals surface area contributed by atoms with E-state index in [1.807, 2.05) is 30.3 Å². The number of carbonyl (C=O) groups is 1. The first-order valence-corrected chi connectivity index (χ1v) is 20.4. The summed E-state index contributed by atoms with van der Waals surface area (Å²) in [6.07, 6.45) is 11.7. The molecule has 55 heavy (non-hydrogen) atoms. The molecule has 2 aliphatic heterocycles. The Morgan fingerprint density at radius 1 is 0.800 bits per heavy atom. The van der Waals surface area contributed by atoms with Crippen molar-refractivity contribution < 1.29 is 14.1 Å². The third-order valence-corrected chi connectivity index (χ3v) is 12.5. The summed E-state index contributed by atoms with van der Waals surface area (Å²) < 4.78 is 9.03. The molecule has 8 rings (SSSR count). The molecule has 6 heteroatoms. The minimum Gasteiger partial charge on any atom is -0.460 e. The summed E-state index contributed by atoms with van der Waals surface area (Å²) in [6, 6.07) is 35.5. The molecule has 278 valence electrons. The Morgan fingerprint density at radius 2 is 1.47 bits per heavy atom. The zero-order valence-corrected chi connectivity index (χ0v) is 33.7. The molecular weight excluding hydrogens is 716 g/mol. The smallest absolute Gasteiger partial charge is 0.228 e. The number of hydrogen-bond acceptors (Lipinski definition) is 3. The van der Waals surface area contributed by atoms with E-state index in [4.69, 9.17) is 16.3 Å². The first-order valence-electron chi connectivity index (χ1n) is 19.4. The van der Waals surface area contributed by atoms with Crippen LogP contribution in [0.1, 0.15) is 64.5 Å². The van der Waals surface area contributed by atoms with Gasteiger partial charge in [0, 0.05) is 46.3 Å². The number of thiol groups is 1. The summed E-state index contributed by atoms with van der Waals surface area (Å²) >= 11 is 11.9. The molecule has 1 unspecified atom stereocenters. The van der Waals surface area contributed by atoms with E-state index in [1.54, 1.807) is 0 Å². The molecule has 5 aromatic rings. The Hall–Kier alpha value is -4.84. The number of amides is 1. The van der Waals surface area contributed by atoms with Crippen molar-refractivity contribution in [3.05, 3.63) is 160 Å². The first-order chi connectivity index (χ1) is 26.6. The summed E-state index contributed by atoms with van der Waals surface area (Å²) in [4.78, 5) is 13.9. The van der Waals surface area contributed by atoms with E-state index < -0.39 is 0 Å². The normalized spacial score (nSPS) is 20.1. The van der Waals surface area contributed by atoms with Gasteiger partial charge < -0.3 is 10.1 Å². The van der Waals surface area contributed by atoms with Gasteiger partial charge in [0.25, 0.3) is 0 Å². The summed E-state index contributed by atoms with van der Waals surface area (Å²) in [5.41, 5.74) is 7.06. The topological polar surface area (TPSA) is 41.3 Å². The lowest BCUT2D eigenvalue weighted by Crippen LogP contribution is -2.28. The van der Waals surface area contributed by atoms with Gasteiger partial charge in [0.15, 0.2) is 5.71 Å². The van der Waals surface area contributed by atoms with Crippen LogP contribution in [0, 0.1) is 5.92 Å². The van der Waals surface area contributed by atoms with E-state index in [9.17, 15) is 4.79 Å². The zero-order chi connectivity index (χ0) is 38.3. The molecule has 3 aliphatic rings. The Kier molecular flexibility index (Phi) is 10.1. The quantitative estimate of drug-likeness (QED) is 0.0892. The summed E-state index contributed by atoms with van der Waals surface area (Å²) in [6.45, 7) is 9.97.